The second-order valence-electron chi connectivity index (χ2n) is 3.99. The third-order valence-corrected chi connectivity index (χ3v) is 4.45. The zero-order valence-electron chi connectivity index (χ0n) is 10.3. The van der Waals surface area contributed by atoms with Crippen molar-refractivity contribution >= 4 is 9.84 Å². The molecule has 2 atom stereocenters. The molecule has 0 spiro atoms. The Bertz CT molecular complexity index is 450. The van der Waals surface area contributed by atoms with E-state index in [4.69, 9.17) is 4.74 Å². The van der Waals surface area contributed by atoms with Crippen molar-refractivity contribution in [3.63, 3.8) is 0 Å². The molecule has 1 rings (SSSR count). The largest absolute Gasteiger partial charge is 0.497 e. The number of hydrogen-bond acceptors (Lipinski definition) is 4. The molecule has 0 heterocycles. The minimum Gasteiger partial charge on any atom is -0.497 e. The van der Waals surface area contributed by atoms with Gasteiger partial charge in [-0.25, -0.2) is 8.42 Å². The molecule has 0 bridgehead atoms. The molecule has 0 radical (unpaired) electrons. The highest BCUT2D eigenvalue weighted by Crippen LogP contribution is 2.25. The van der Waals surface area contributed by atoms with Crippen molar-refractivity contribution < 1.29 is 18.3 Å². The van der Waals surface area contributed by atoms with Crippen LogP contribution in [0, 0.1) is 0 Å². The van der Waals surface area contributed by atoms with Crippen LogP contribution in [0.1, 0.15) is 25.0 Å². The molecule has 0 saturated carbocycles. The standard InChI is InChI=1S/C12H18O4S/c1-4-11(17(3,14)15)12(13)9-5-7-10(16-2)8-6-9/h5-8,11-13H,4H2,1-3H3/t11-,12+/m1/s1. The molecule has 5 heteroatoms. The van der Waals surface area contributed by atoms with Crippen molar-refractivity contribution in [2.45, 2.75) is 24.7 Å². The molecular formula is C12H18O4S. The Hall–Kier alpha value is -1.07. The molecule has 0 aliphatic carbocycles. The first-order valence-corrected chi connectivity index (χ1v) is 7.36. The summed E-state index contributed by atoms with van der Waals surface area (Å²) >= 11 is 0. The van der Waals surface area contributed by atoms with E-state index in [0.29, 0.717) is 17.7 Å². The van der Waals surface area contributed by atoms with Crippen molar-refractivity contribution in [2.24, 2.45) is 0 Å². The summed E-state index contributed by atoms with van der Waals surface area (Å²) in [6, 6.07) is 6.76. The van der Waals surface area contributed by atoms with Gasteiger partial charge in [0.2, 0.25) is 0 Å². The second kappa shape index (κ2) is 5.51. The van der Waals surface area contributed by atoms with Gasteiger partial charge in [0.25, 0.3) is 0 Å². The lowest BCUT2D eigenvalue weighted by atomic mass is 10.0. The highest BCUT2D eigenvalue weighted by atomic mass is 32.2. The van der Waals surface area contributed by atoms with Crippen molar-refractivity contribution in [1.82, 2.24) is 0 Å². The van der Waals surface area contributed by atoms with Crippen LogP contribution in [0.3, 0.4) is 0 Å². The maximum absolute atomic E-state index is 11.5. The van der Waals surface area contributed by atoms with Gasteiger partial charge >= 0.3 is 0 Å². The summed E-state index contributed by atoms with van der Waals surface area (Å²) in [5.41, 5.74) is 0.586. The van der Waals surface area contributed by atoms with Crippen LogP contribution in [0.15, 0.2) is 24.3 Å². The van der Waals surface area contributed by atoms with Crippen LogP contribution in [-0.2, 0) is 9.84 Å². The van der Waals surface area contributed by atoms with Crippen molar-refractivity contribution in [3.05, 3.63) is 29.8 Å². The minimum absolute atomic E-state index is 0.381. The van der Waals surface area contributed by atoms with Gasteiger partial charge in [-0.05, 0) is 24.1 Å². The van der Waals surface area contributed by atoms with Gasteiger partial charge in [-0.15, -0.1) is 0 Å². The van der Waals surface area contributed by atoms with E-state index in [9.17, 15) is 13.5 Å². The molecule has 0 aromatic heterocycles. The van der Waals surface area contributed by atoms with Crippen molar-refractivity contribution in [1.29, 1.82) is 0 Å². The van der Waals surface area contributed by atoms with E-state index in [1.807, 2.05) is 0 Å². The van der Waals surface area contributed by atoms with Crippen LogP contribution in [-0.4, -0.2) is 32.1 Å². The summed E-state index contributed by atoms with van der Waals surface area (Å²) < 4.78 is 28.0. The van der Waals surface area contributed by atoms with Crippen LogP contribution < -0.4 is 4.74 Å². The molecule has 0 saturated heterocycles. The third kappa shape index (κ3) is 3.44. The molecule has 0 amide bonds. The van der Waals surface area contributed by atoms with Gasteiger partial charge in [0, 0.05) is 6.26 Å². The highest BCUT2D eigenvalue weighted by molar-refractivity contribution is 7.91. The molecule has 0 aliphatic rings. The van der Waals surface area contributed by atoms with Gasteiger partial charge < -0.3 is 9.84 Å². The van der Waals surface area contributed by atoms with E-state index in [2.05, 4.69) is 0 Å². The van der Waals surface area contributed by atoms with Gasteiger partial charge in [0.15, 0.2) is 9.84 Å². The van der Waals surface area contributed by atoms with E-state index in [0.717, 1.165) is 6.26 Å². The van der Waals surface area contributed by atoms with Gasteiger partial charge in [0.05, 0.1) is 18.5 Å². The van der Waals surface area contributed by atoms with E-state index in [1.165, 1.54) is 0 Å². The Morgan fingerprint density at radius 3 is 2.18 bits per heavy atom. The third-order valence-electron chi connectivity index (χ3n) is 2.76. The average molecular weight is 258 g/mol. The molecule has 0 unspecified atom stereocenters. The molecule has 96 valence electrons. The number of hydrogen-bond donors (Lipinski definition) is 1. The van der Waals surface area contributed by atoms with Gasteiger partial charge in [-0.3, -0.25) is 0 Å². The van der Waals surface area contributed by atoms with Gasteiger partial charge in [-0.2, -0.15) is 0 Å². The Kier molecular flexibility index (Phi) is 4.54. The predicted octanol–water partition coefficient (Wildman–Crippen LogP) is 1.55. The average Bonchev–Trinajstić information content (AvgIpc) is 2.28. The molecule has 1 N–H and O–H groups in total. The smallest absolute Gasteiger partial charge is 0.153 e. The van der Waals surface area contributed by atoms with E-state index in [1.54, 1.807) is 38.3 Å². The molecule has 1 aromatic rings. The number of methoxy groups -OCH3 is 1. The summed E-state index contributed by atoms with van der Waals surface area (Å²) in [6.45, 7) is 1.75. The maximum Gasteiger partial charge on any atom is 0.153 e. The Labute approximate surface area is 102 Å². The fraction of sp³-hybridized carbons (Fsp3) is 0.500. The lowest BCUT2D eigenvalue weighted by Crippen LogP contribution is -2.26. The number of sulfone groups is 1. The maximum atomic E-state index is 11.5. The van der Waals surface area contributed by atoms with Crippen LogP contribution >= 0.6 is 0 Å². The molecule has 0 fully saturated rings. The summed E-state index contributed by atoms with van der Waals surface area (Å²) in [6.07, 6.45) is 0.529. The molecule has 17 heavy (non-hydrogen) atoms. The lowest BCUT2D eigenvalue weighted by Gasteiger charge is -2.20. The lowest BCUT2D eigenvalue weighted by molar-refractivity contribution is 0.169. The summed E-state index contributed by atoms with van der Waals surface area (Å²) in [4.78, 5) is 0. The summed E-state index contributed by atoms with van der Waals surface area (Å²) in [7, 11) is -1.71. The molecule has 0 aliphatic heterocycles. The van der Waals surface area contributed by atoms with Crippen LogP contribution in [0.5, 0.6) is 5.75 Å². The van der Waals surface area contributed by atoms with Crippen LogP contribution in [0.25, 0.3) is 0 Å². The number of aliphatic hydroxyl groups is 1. The van der Waals surface area contributed by atoms with Gasteiger partial charge in [0.1, 0.15) is 5.75 Å². The van der Waals surface area contributed by atoms with Gasteiger partial charge in [-0.1, -0.05) is 19.1 Å². The second-order valence-corrected chi connectivity index (χ2v) is 6.26. The van der Waals surface area contributed by atoms with E-state index in [-0.39, 0.29) is 0 Å². The van der Waals surface area contributed by atoms with E-state index >= 15 is 0 Å². The highest BCUT2D eigenvalue weighted by Gasteiger charge is 2.28. The minimum atomic E-state index is -3.26. The Balaban J connectivity index is 2.98. The Morgan fingerprint density at radius 2 is 1.82 bits per heavy atom. The normalized spacial score (nSPS) is 15.3. The summed E-state index contributed by atoms with van der Waals surface area (Å²) in [5, 5.41) is 9.29. The van der Waals surface area contributed by atoms with Crippen molar-refractivity contribution in [3.8, 4) is 5.75 Å². The fourth-order valence-electron chi connectivity index (χ4n) is 1.78. The fourth-order valence-corrected chi connectivity index (χ4v) is 3.01. The van der Waals surface area contributed by atoms with Crippen LogP contribution in [0.2, 0.25) is 0 Å². The zero-order valence-corrected chi connectivity index (χ0v) is 11.1. The molecule has 1 aromatic carbocycles. The van der Waals surface area contributed by atoms with Crippen molar-refractivity contribution in [2.75, 3.05) is 13.4 Å². The zero-order chi connectivity index (χ0) is 13.1. The predicted molar refractivity (Wildman–Crippen MR) is 66.9 cm³/mol. The Morgan fingerprint density at radius 1 is 1.29 bits per heavy atom. The first kappa shape index (κ1) is 14.0. The monoisotopic (exact) mass is 258 g/mol. The number of ether oxygens (including phenoxy) is 1. The number of rotatable bonds is 5. The van der Waals surface area contributed by atoms with Crippen LogP contribution in [0.4, 0.5) is 0 Å². The summed E-state index contributed by atoms with van der Waals surface area (Å²) in [5.74, 6) is 0.674. The SMILES string of the molecule is CC[C@H]([C@@H](O)c1ccc(OC)cc1)S(C)(=O)=O. The molecular weight excluding hydrogens is 240 g/mol. The topological polar surface area (TPSA) is 63.6 Å². The molecule has 4 nitrogen and oxygen atoms in total. The quantitative estimate of drug-likeness (QED) is 0.870. The first-order chi connectivity index (χ1) is 7.90. The number of benzene rings is 1. The number of aliphatic hydroxyl groups excluding tert-OH is 1. The first-order valence-electron chi connectivity index (χ1n) is 5.41. The van der Waals surface area contributed by atoms with E-state index < -0.39 is 21.2 Å².